The summed E-state index contributed by atoms with van der Waals surface area (Å²) in [5.74, 6) is -0.0668. The third-order valence-electron chi connectivity index (χ3n) is 4.10. The Hall–Kier alpha value is -2.88. The summed E-state index contributed by atoms with van der Waals surface area (Å²) in [6.45, 7) is 2.63. The summed E-state index contributed by atoms with van der Waals surface area (Å²) >= 11 is 0. The van der Waals surface area contributed by atoms with Crippen molar-refractivity contribution in [2.75, 3.05) is 12.3 Å². The SMILES string of the molecule is CCCCCC(=O)NCCCc1nn(-c2ccc(F)cc2)c(N)c1C#N. The first-order chi connectivity index (χ1) is 12.6. The van der Waals surface area contributed by atoms with Crippen LogP contribution in [0.5, 0.6) is 0 Å². The topological polar surface area (TPSA) is 96.7 Å². The number of unbranched alkanes of at least 4 members (excludes halogenated alkanes) is 2. The van der Waals surface area contributed by atoms with Crippen molar-refractivity contribution in [1.82, 2.24) is 15.1 Å². The number of carbonyl (C=O) groups excluding carboxylic acids is 1. The number of anilines is 1. The third-order valence-corrected chi connectivity index (χ3v) is 4.10. The smallest absolute Gasteiger partial charge is 0.219 e. The second-order valence-corrected chi connectivity index (χ2v) is 6.12. The minimum atomic E-state index is -0.352. The van der Waals surface area contributed by atoms with Crippen LogP contribution in [0.15, 0.2) is 24.3 Å². The van der Waals surface area contributed by atoms with Crippen LogP contribution >= 0.6 is 0 Å². The first-order valence-corrected chi connectivity index (χ1v) is 8.87. The number of halogens is 1. The van der Waals surface area contributed by atoms with E-state index in [1.165, 1.54) is 16.8 Å². The Bertz CT molecular complexity index is 776. The van der Waals surface area contributed by atoms with Gasteiger partial charge in [0.15, 0.2) is 0 Å². The molecule has 6 nitrogen and oxygen atoms in total. The largest absolute Gasteiger partial charge is 0.382 e. The molecule has 0 atom stereocenters. The van der Waals surface area contributed by atoms with Gasteiger partial charge in [0.1, 0.15) is 23.3 Å². The van der Waals surface area contributed by atoms with Gasteiger partial charge in [-0.15, -0.1) is 0 Å². The first-order valence-electron chi connectivity index (χ1n) is 8.87. The maximum Gasteiger partial charge on any atom is 0.219 e. The predicted octanol–water partition coefficient (Wildman–Crippen LogP) is 3.09. The molecule has 3 N–H and O–H groups in total. The number of nitrogen functional groups attached to an aromatic ring is 1. The number of aromatic nitrogens is 2. The van der Waals surface area contributed by atoms with Crippen LogP contribution < -0.4 is 11.1 Å². The number of aryl methyl sites for hydroxylation is 1. The summed E-state index contributed by atoms with van der Waals surface area (Å²) in [6, 6.07) is 7.82. The Balaban J connectivity index is 1.95. The summed E-state index contributed by atoms with van der Waals surface area (Å²) in [5.41, 5.74) is 7.51. The fourth-order valence-electron chi connectivity index (χ4n) is 2.66. The number of nitrogens with zero attached hydrogens (tertiary/aromatic N) is 3. The van der Waals surface area contributed by atoms with E-state index in [1.54, 1.807) is 12.1 Å². The highest BCUT2D eigenvalue weighted by molar-refractivity contribution is 5.75. The molecule has 0 spiro atoms. The van der Waals surface area contributed by atoms with E-state index in [-0.39, 0.29) is 17.5 Å². The second kappa shape index (κ2) is 9.56. The van der Waals surface area contributed by atoms with Gasteiger partial charge in [0.25, 0.3) is 0 Å². The van der Waals surface area contributed by atoms with Gasteiger partial charge in [0.05, 0.1) is 11.4 Å². The van der Waals surface area contributed by atoms with E-state index in [0.29, 0.717) is 42.8 Å². The molecular formula is C19H24FN5O. The molecule has 1 amide bonds. The Labute approximate surface area is 152 Å². The average Bonchev–Trinajstić information content (AvgIpc) is 2.95. The van der Waals surface area contributed by atoms with Gasteiger partial charge in [-0.25, -0.2) is 9.07 Å². The van der Waals surface area contributed by atoms with Crippen LogP contribution in [0.25, 0.3) is 5.69 Å². The second-order valence-electron chi connectivity index (χ2n) is 6.12. The standard InChI is InChI=1S/C19H24FN5O/c1-2-3-4-7-18(26)23-12-5-6-17-16(13-21)19(22)25(24-17)15-10-8-14(20)9-11-15/h8-11H,2-7,12,22H2,1H3,(H,23,26). The van der Waals surface area contributed by atoms with Crippen LogP contribution in [0, 0.1) is 17.1 Å². The Morgan fingerprint density at radius 3 is 2.69 bits per heavy atom. The quantitative estimate of drug-likeness (QED) is 0.674. The monoisotopic (exact) mass is 357 g/mol. The predicted molar refractivity (Wildman–Crippen MR) is 98.1 cm³/mol. The lowest BCUT2D eigenvalue weighted by Crippen LogP contribution is -2.24. The number of hydrogen-bond donors (Lipinski definition) is 2. The first kappa shape index (κ1) is 19.4. The number of benzene rings is 1. The van der Waals surface area contributed by atoms with E-state index in [4.69, 9.17) is 5.73 Å². The number of amides is 1. The zero-order valence-electron chi connectivity index (χ0n) is 15.0. The molecule has 0 aliphatic carbocycles. The summed E-state index contributed by atoms with van der Waals surface area (Å²) < 4.78 is 14.5. The van der Waals surface area contributed by atoms with Crippen molar-refractivity contribution in [2.45, 2.75) is 45.4 Å². The van der Waals surface area contributed by atoms with E-state index < -0.39 is 0 Å². The molecule has 138 valence electrons. The fourth-order valence-corrected chi connectivity index (χ4v) is 2.66. The number of rotatable bonds is 9. The molecule has 1 aromatic heterocycles. The van der Waals surface area contributed by atoms with Crippen molar-refractivity contribution in [1.29, 1.82) is 5.26 Å². The van der Waals surface area contributed by atoms with E-state index in [1.807, 2.05) is 0 Å². The van der Waals surface area contributed by atoms with Gasteiger partial charge in [-0.1, -0.05) is 19.8 Å². The molecule has 2 rings (SSSR count). The van der Waals surface area contributed by atoms with Crippen molar-refractivity contribution >= 4 is 11.7 Å². The van der Waals surface area contributed by atoms with Gasteiger partial charge in [-0.2, -0.15) is 10.4 Å². The van der Waals surface area contributed by atoms with Gasteiger partial charge in [0, 0.05) is 13.0 Å². The van der Waals surface area contributed by atoms with E-state index in [0.717, 1.165) is 19.3 Å². The van der Waals surface area contributed by atoms with Crippen molar-refractivity contribution < 1.29 is 9.18 Å². The minimum Gasteiger partial charge on any atom is -0.382 e. The van der Waals surface area contributed by atoms with E-state index >= 15 is 0 Å². The van der Waals surface area contributed by atoms with Crippen LogP contribution in [0.3, 0.4) is 0 Å². The van der Waals surface area contributed by atoms with Crippen molar-refractivity contribution in [2.24, 2.45) is 0 Å². The molecule has 0 saturated carbocycles. The average molecular weight is 357 g/mol. The van der Waals surface area contributed by atoms with Crippen LogP contribution in [-0.4, -0.2) is 22.2 Å². The van der Waals surface area contributed by atoms with Gasteiger partial charge in [-0.3, -0.25) is 4.79 Å². The van der Waals surface area contributed by atoms with Gasteiger partial charge >= 0.3 is 0 Å². The molecule has 0 aliphatic rings. The normalized spacial score (nSPS) is 10.5. The zero-order valence-corrected chi connectivity index (χ0v) is 15.0. The Morgan fingerprint density at radius 2 is 2.04 bits per heavy atom. The molecule has 0 saturated heterocycles. The van der Waals surface area contributed by atoms with Crippen LogP contribution in [0.4, 0.5) is 10.2 Å². The molecule has 7 heteroatoms. The summed E-state index contributed by atoms with van der Waals surface area (Å²) in [5, 5.41) is 16.6. The molecule has 0 aliphatic heterocycles. The maximum atomic E-state index is 13.1. The van der Waals surface area contributed by atoms with Gasteiger partial charge in [0.2, 0.25) is 5.91 Å². The number of carbonyl (C=O) groups is 1. The molecule has 1 aromatic carbocycles. The molecule has 0 radical (unpaired) electrons. The number of nitriles is 1. The van der Waals surface area contributed by atoms with E-state index in [2.05, 4.69) is 23.4 Å². The molecule has 1 heterocycles. The summed E-state index contributed by atoms with van der Waals surface area (Å²) in [6.07, 6.45) is 4.77. The van der Waals surface area contributed by atoms with Crippen molar-refractivity contribution in [3.8, 4) is 11.8 Å². The number of nitrogens with one attached hydrogen (secondary N) is 1. The van der Waals surface area contributed by atoms with Crippen LogP contribution in [0.1, 0.15) is 50.3 Å². The highest BCUT2D eigenvalue weighted by Gasteiger charge is 2.16. The minimum absolute atomic E-state index is 0.0512. The molecule has 2 aromatic rings. The summed E-state index contributed by atoms with van der Waals surface area (Å²) in [4.78, 5) is 11.7. The Kier molecular flexibility index (Phi) is 7.15. The van der Waals surface area contributed by atoms with Crippen molar-refractivity contribution in [3.05, 3.63) is 41.3 Å². The van der Waals surface area contributed by atoms with Gasteiger partial charge in [-0.05, 0) is 43.5 Å². The molecular weight excluding hydrogens is 333 g/mol. The van der Waals surface area contributed by atoms with Gasteiger partial charge < -0.3 is 11.1 Å². The van der Waals surface area contributed by atoms with Crippen LogP contribution in [0.2, 0.25) is 0 Å². The zero-order chi connectivity index (χ0) is 18.9. The maximum absolute atomic E-state index is 13.1. The lowest BCUT2D eigenvalue weighted by molar-refractivity contribution is -0.121. The summed E-state index contributed by atoms with van der Waals surface area (Å²) in [7, 11) is 0. The lowest BCUT2D eigenvalue weighted by atomic mass is 10.1. The molecule has 0 fully saturated rings. The number of hydrogen-bond acceptors (Lipinski definition) is 4. The lowest BCUT2D eigenvalue weighted by Gasteiger charge is -2.04. The highest BCUT2D eigenvalue weighted by atomic mass is 19.1. The van der Waals surface area contributed by atoms with Crippen LogP contribution in [-0.2, 0) is 11.2 Å². The third kappa shape index (κ3) is 5.06. The highest BCUT2D eigenvalue weighted by Crippen LogP contribution is 2.21. The molecule has 0 unspecified atom stereocenters. The number of nitrogens with two attached hydrogens (primary N) is 1. The van der Waals surface area contributed by atoms with E-state index in [9.17, 15) is 14.4 Å². The van der Waals surface area contributed by atoms with Crippen molar-refractivity contribution in [3.63, 3.8) is 0 Å². The Morgan fingerprint density at radius 1 is 1.31 bits per heavy atom. The fraction of sp³-hybridized carbons (Fsp3) is 0.421. The molecule has 26 heavy (non-hydrogen) atoms. The molecule has 0 bridgehead atoms.